The van der Waals surface area contributed by atoms with Crippen LogP contribution in [-0.4, -0.2) is 60.5 Å². The van der Waals surface area contributed by atoms with Crippen molar-refractivity contribution >= 4 is 34.2 Å². The lowest BCUT2D eigenvalue weighted by molar-refractivity contribution is -0.152. The highest BCUT2D eigenvalue weighted by Crippen LogP contribution is 2.25. The lowest BCUT2D eigenvalue weighted by Gasteiger charge is -2.36. The summed E-state index contributed by atoms with van der Waals surface area (Å²) in [6.07, 6.45) is 2.72. The van der Waals surface area contributed by atoms with Crippen LogP contribution in [0, 0.1) is 11.8 Å². The fraction of sp³-hybridized carbons (Fsp3) is 0.632. The van der Waals surface area contributed by atoms with Crippen LogP contribution in [-0.2, 0) is 14.3 Å². The lowest BCUT2D eigenvalue weighted by Crippen LogP contribution is -2.47. The number of carbonyl (C=O) groups is 3. The van der Waals surface area contributed by atoms with Gasteiger partial charge in [0.25, 0.3) is 0 Å². The van der Waals surface area contributed by atoms with Crippen LogP contribution >= 0.6 is 11.3 Å². The number of esters is 1. The van der Waals surface area contributed by atoms with E-state index in [-0.39, 0.29) is 29.7 Å². The van der Waals surface area contributed by atoms with Gasteiger partial charge in [0.05, 0.1) is 17.5 Å². The minimum Gasteiger partial charge on any atom is -0.466 e. The van der Waals surface area contributed by atoms with Gasteiger partial charge in [0.2, 0.25) is 5.91 Å². The first-order valence-electron chi connectivity index (χ1n) is 9.63. The van der Waals surface area contributed by atoms with E-state index in [0.29, 0.717) is 58.5 Å². The number of amides is 3. The number of nitrogens with one attached hydrogen (secondary N) is 1. The van der Waals surface area contributed by atoms with Crippen molar-refractivity contribution < 1.29 is 19.1 Å². The molecule has 0 spiro atoms. The second-order valence-electron chi connectivity index (χ2n) is 7.02. The van der Waals surface area contributed by atoms with Gasteiger partial charge in [0.15, 0.2) is 0 Å². The van der Waals surface area contributed by atoms with Crippen molar-refractivity contribution in [1.82, 2.24) is 9.80 Å². The van der Waals surface area contributed by atoms with Gasteiger partial charge in [-0.05, 0) is 50.1 Å². The van der Waals surface area contributed by atoms with E-state index in [4.69, 9.17) is 4.74 Å². The molecule has 0 aliphatic carbocycles. The van der Waals surface area contributed by atoms with Crippen molar-refractivity contribution in [1.29, 1.82) is 0 Å². The van der Waals surface area contributed by atoms with Crippen molar-refractivity contribution in [2.45, 2.75) is 32.6 Å². The molecule has 3 rings (SSSR count). The second kappa shape index (κ2) is 9.21. The molecule has 2 aliphatic rings. The Morgan fingerprint density at radius 3 is 2.30 bits per heavy atom. The van der Waals surface area contributed by atoms with Crippen LogP contribution in [0.2, 0.25) is 0 Å². The first-order chi connectivity index (χ1) is 13.1. The topological polar surface area (TPSA) is 79.0 Å². The number of nitrogens with zero attached hydrogens (tertiary/aromatic N) is 2. The van der Waals surface area contributed by atoms with E-state index in [0.717, 1.165) is 5.00 Å². The molecule has 3 heterocycles. The molecule has 0 bridgehead atoms. The Hall–Kier alpha value is -2.09. The van der Waals surface area contributed by atoms with Crippen LogP contribution in [0.4, 0.5) is 9.80 Å². The van der Waals surface area contributed by atoms with Crippen LogP contribution in [0.3, 0.4) is 0 Å². The van der Waals surface area contributed by atoms with E-state index in [1.807, 2.05) is 29.3 Å². The van der Waals surface area contributed by atoms with Crippen LogP contribution in [0.5, 0.6) is 0 Å². The fourth-order valence-corrected chi connectivity index (χ4v) is 4.32. The van der Waals surface area contributed by atoms with Crippen LogP contribution in [0.1, 0.15) is 32.6 Å². The molecule has 1 aromatic heterocycles. The minimum atomic E-state index is -0.144. The first kappa shape index (κ1) is 19.7. The maximum Gasteiger partial charge on any atom is 0.322 e. The standard InChI is InChI=1S/C19H27N3O4S/c1-2-26-18(24)15-7-9-21(10-8-15)17(23)14-5-11-22(12-6-14)19(25)20-16-4-3-13-27-16/h3-4,13-15H,2,5-12H2,1H3,(H,20,25). The van der Waals surface area contributed by atoms with E-state index in [1.165, 1.54) is 11.3 Å². The van der Waals surface area contributed by atoms with Crippen LogP contribution in [0.15, 0.2) is 17.5 Å². The van der Waals surface area contributed by atoms with Crippen molar-refractivity contribution in [3.05, 3.63) is 17.5 Å². The van der Waals surface area contributed by atoms with Gasteiger partial charge < -0.3 is 14.5 Å². The largest absolute Gasteiger partial charge is 0.466 e. The molecule has 8 heteroatoms. The third-order valence-electron chi connectivity index (χ3n) is 5.31. The summed E-state index contributed by atoms with van der Waals surface area (Å²) in [6.45, 7) is 4.61. The molecule has 2 fully saturated rings. The van der Waals surface area contributed by atoms with Gasteiger partial charge >= 0.3 is 12.0 Å². The first-order valence-corrected chi connectivity index (χ1v) is 10.5. The zero-order valence-electron chi connectivity index (χ0n) is 15.7. The summed E-state index contributed by atoms with van der Waals surface area (Å²) in [5, 5.41) is 5.65. The molecule has 0 saturated carbocycles. The van der Waals surface area contributed by atoms with E-state index >= 15 is 0 Å². The smallest absolute Gasteiger partial charge is 0.322 e. The molecule has 2 saturated heterocycles. The molecule has 0 radical (unpaired) electrons. The molecule has 148 valence electrons. The monoisotopic (exact) mass is 393 g/mol. The van der Waals surface area contributed by atoms with Gasteiger partial charge in [-0.3, -0.25) is 14.9 Å². The maximum absolute atomic E-state index is 12.8. The van der Waals surface area contributed by atoms with E-state index < -0.39 is 0 Å². The number of thiophene rings is 1. The third kappa shape index (κ3) is 5.00. The Balaban J connectivity index is 1.42. The summed E-state index contributed by atoms with van der Waals surface area (Å²) in [6, 6.07) is 3.67. The summed E-state index contributed by atoms with van der Waals surface area (Å²) in [5.74, 6) is -0.1000. The number of hydrogen-bond donors (Lipinski definition) is 1. The summed E-state index contributed by atoms with van der Waals surface area (Å²) >= 11 is 1.49. The van der Waals surface area contributed by atoms with Gasteiger partial charge in [-0.1, -0.05) is 0 Å². The summed E-state index contributed by atoms with van der Waals surface area (Å²) in [5.41, 5.74) is 0. The van der Waals surface area contributed by atoms with Crippen molar-refractivity contribution in [2.75, 3.05) is 38.1 Å². The number of anilines is 1. The van der Waals surface area contributed by atoms with E-state index in [2.05, 4.69) is 5.32 Å². The van der Waals surface area contributed by atoms with Gasteiger partial charge in [0.1, 0.15) is 0 Å². The molecule has 0 unspecified atom stereocenters. The minimum absolute atomic E-state index is 0.0325. The number of carbonyl (C=O) groups excluding carboxylic acids is 3. The molecule has 3 amide bonds. The summed E-state index contributed by atoms with van der Waals surface area (Å²) in [7, 11) is 0. The van der Waals surface area contributed by atoms with E-state index in [1.54, 1.807) is 4.90 Å². The van der Waals surface area contributed by atoms with Gasteiger partial charge in [0, 0.05) is 32.1 Å². The molecular weight excluding hydrogens is 366 g/mol. The number of hydrogen-bond acceptors (Lipinski definition) is 5. The van der Waals surface area contributed by atoms with Crippen molar-refractivity contribution in [2.24, 2.45) is 11.8 Å². The Morgan fingerprint density at radius 1 is 1.07 bits per heavy atom. The molecule has 0 atom stereocenters. The van der Waals surface area contributed by atoms with Crippen molar-refractivity contribution in [3.63, 3.8) is 0 Å². The molecule has 7 nitrogen and oxygen atoms in total. The average molecular weight is 394 g/mol. The normalized spacial score (nSPS) is 19.0. The predicted molar refractivity (Wildman–Crippen MR) is 104 cm³/mol. The molecule has 2 aliphatic heterocycles. The quantitative estimate of drug-likeness (QED) is 0.798. The number of urea groups is 1. The predicted octanol–water partition coefficient (Wildman–Crippen LogP) is 2.79. The Kier molecular flexibility index (Phi) is 6.71. The molecular formula is C19H27N3O4S. The number of ether oxygens (including phenoxy) is 1. The van der Waals surface area contributed by atoms with E-state index in [9.17, 15) is 14.4 Å². The third-order valence-corrected chi connectivity index (χ3v) is 6.09. The van der Waals surface area contributed by atoms with Crippen LogP contribution in [0.25, 0.3) is 0 Å². The Labute approximate surface area is 163 Å². The lowest BCUT2D eigenvalue weighted by atomic mass is 9.92. The summed E-state index contributed by atoms with van der Waals surface area (Å²) in [4.78, 5) is 40.5. The Bertz CT molecular complexity index is 648. The van der Waals surface area contributed by atoms with Gasteiger partial charge in [-0.25, -0.2) is 4.79 Å². The Morgan fingerprint density at radius 2 is 1.70 bits per heavy atom. The molecule has 0 aromatic carbocycles. The van der Waals surface area contributed by atoms with Crippen molar-refractivity contribution in [3.8, 4) is 0 Å². The second-order valence-corrected chi connectivity index (χ2v) is 7.97. The highest BCUT2D eigenvalue weighted by molar-refractivity contribution is 7.14. The fourth-order valence-electron chi connectivity index (χ4n) is 3.72. The molecule has 27 heavy (non-hydrogen) atoms. The SMILES string of the molecule is CCOC(=O)C1CCN(C(=O)C2CCN(C(=O)Nc3cccs3)CC2)CC1. The number of likely N-dealkylation sites (tertiary alicyclic amines) is 2. The zero-order chi connectivity index (χ0) is 19.2. The molecule has 1 N–H and O–H groups in total. The highest BCUT2D eigenvalue weighted by atomic mass is 32.1. The van der Waals surface area contributed by atoms with Crippen LogP contribution < -0.4 is 5.32 Å². The maximum atomic E-state index is 12.8. The highest BCUT2D eigenvalue weighted by Gasteiger charge is 2.33. The van der Waals surface area contributed by atoms with Gasteiger partial charge in [-0.15, -0.1) is 11.3 Å². The summed E-state index contributed by atoms with van der Waals surface area (Å²) < 4.78 is 5.08. The number of rotatable bonds is 4. The number of piperidine rings is 2. The zero-order valence-corrected chi connectivity index (χ0v) is 16.5. The molecule has 1 aromatic rings. The average Bonchev–Trinajstić information content (AvgIpc) is 3.21. The van der Waals surface area contributed by atoms with Gasteiger partial charge in [-0.2, -0.15) is 0 Å².